The van der Waals surface area contributed by atoms with Gasteiger partial charge in [-0.1, -0.05) is 6.07 Å². The van der Waals surface area contributed by atoms with Crippen LogP contribution in [-0.2, 0) is 6.54 Å². The number of rotatable bonds is 4. The van der Waals surface area contributed by atoms with Crippen molar-refractivity contribution < 1.29 is 4.42 Å². The van der Waals surface area contributed by atoms with Gasteiger partial charge >= 0.3 is 0 Å². The SMILES string of the molecule is Cc1ccc(CN[C@H](C)c2cccnc2)o1. The first kappa shape index (κ1) is 10.9. The standard InChI is InChI=1S/C13H16N2O/c1-10-5-6-13(16-10)9-15-11(2)12-4-3-7-14-8-12/h3-8,11,15H,9H2,1-2H3/t11-/m1/s1. The van der Waals surface area contributed by atoms with Gasteiger partial charge in [0.25, 0.3) is 0 Å². The molecule has 0 aliphatic carbocycles. The van der Waals surface area contributed by atoms with Gasteiger partial charge in [0.1, 0.15) is 11.5 Å². The number of hydrogen-bond acceptors (Lipinski definition) is 3. The van der Waals surface area contributed by atoms with Crippen LogP contribution in [0.3, 0.4) is 0 Å². The molecule has 0 aromatic carbocycles. The summed E-state index contributed by atoms with van der Waals surface area (Å²) in [5.41, 5.74) is 1.19. The smallest absolute Gasteiger partial charge is 0.117 e. The van der Waals surface area contributed by atoms with E-state index in [4.69, 9.17) is 4.42 Å². The van der Waals surface area contributed by atoms with E-state index in [2.05, 4.69) is 23.3 Å². The van der Waals surface area contributed by atoms with E-state index in [9.17, 15) is 0 Å². The average molecular weight is 216 g/mol. The topological polar surface area (TPSA) is 38.1 Å². The molecule has 2 aromatic rings. The summed E-state index contributed by atoms with van der Waals surface area (Å²) >= 11 is 0. The highest BCUT2D eigenvalue weighted by Gasteiger charge is 2.05. The minimum Gasteiger partial charge on any atom is -0.465 e. The molecule has 3 heteroatoms. The Morgan fingerprint density at radius 1 is 1.38 bits per heavy atom. The van der Waals surface area contributed by atoms with Gasteiger partial charge in [0, 0.05) is 18.4 Å². The Hall–Kier alpha value is -1.61. The first-order chi connectivity index (χ1) is 7.75. The van der Waals surface area contributed by atoms with Gasteiger partial charge in [-0.3, -0.25) is 4.98 Å². The van der Waals surface area contributed by atoms with E-state index in [1.807, 2.05) is 31.3 Å². The van der Waals surface area contributed by atoms with Gasteiger partial charge in [-0.25, -0.2) is 0 Å². The van der Waals surface area contributed by atoms with Crippen LogP contribution in [-0.4, -0.2) is 4.98 Å². The number of hydrogen-bond donors (Lipinski definition) is 1. The molecule has 0 fully saturated rings. The van der Waals surface area contributed by atoms with Gasteiger partial charge in [-0.2, -0.15) is 0 Å². The number of pyridine rings is 1. The van der Waals surface area contributed by atoms with Crippen molar-refractivity contribution >= 4 is 0 Å². The summed E-state index contributed by atoms with van der Waals surface area (Å²) in [6.07, 6.45) is 3.66. The van der Waals surface area contributed by atoms with Crippen LogP contribution in [0.5, 0.6) is 0 Å². The van der Waals surface area contributed by atoms with Crippen molar-refractivity contribution in [3.8, 4) is 0 Å². The normalized spacial score (nSPS) is 12.6. The van der Waals surface area contributed by atoms with Gasteiger partial charge in [0.15, 0.2) is 0 Å². The van der Waals surface area contributed by atoms with Crippen LogP contribution in [0.2, 0.25) is 0 Å². The molecule has 0 aliphatic rings. The van der Waals surface area contributed by atoms with E-state index >= 15 is 0 Å². The van der Waals surface area contributed by atoms with E-state index in [0.717, 1.165) is 18.1 Å². The van der Waals surface area contributed by atoms with E-state index < -0.39 is 0 Å². The molecular formula is C13H16N2O. The molecule has 16 heavy (non-hydrogen) atoms. The summed E-state index contributed by atoms with van der Waals surface area (Å²) in [5.74, 6) is 1.92. The zero-order chi connectivity index (χ0) is 11.4. The van der Waals surface area contributed by atoms with Crippen molar-refractivity contribution in [3.05, 3.63) is 53.7 Å². The van der Waals surface area contributed by atoms with E-state index in [1.165, 1.54) is 5.56 Å². The fourth-order valence-corrected chi connectivity index (χ4v) is 1.58. The largest absolute Gasteiger partial charge is 0.465 e. The highest BCUT2D eigenvalue weighted by atomic mass is 16.3. The number of aromatic nitrogens is 1. The molecule has 0 bridgehead atoms. The second-order valence-electron chi connectivity index (χ2n) is 3.90. The molecule has 0 saturated heterocycles. The second kappa shape index (κ2) is 4.94. The maximum absolute atomic E-state index is 5.49. The molecule has 84 valence electrons. The van der Waals surface area contributed by atoms with E-state index in [0.29, 0.717) is 0 Å². The molecule has 2 rings (SSSR count). The van der Waals surface area contributed by atoms with Crippen LogP contribution in [0, 0.1) is 6.92 Å². The Morgan fingerprint density at radius 2 is 2.25 bits per heavy atom. The molecule has 0 amide bonds. The fraction of sp³-hybridized carbons (Fsp3) is 0.308. The van der Waals surface area contributed by atoms with Crippen LogP contribution in [0.25, 0.3) is 0 Å². The lowest BCUT2D eigenvalue weighted by Crippen LogP contribution is -2.17. The summed E-state index contributed by atoms with van der Waals surface area (Å²) in [6, 6.07) is 8.27. The van der Waals surface area contributed by atoms with Crippen molar-refractivity contribution in [1.82, 2.24) is 10.3 Å². The zero-order valence-electron chi connectivity index (χ0n) is 9.60. The van der Waals surface area contributed by atoms with E-state index in [1.54, 1.807) is 6.20 Å². The maximum atomic E-state index is 5.49. The first-order valence-corrected chi connectivity index (χ1v) is 5.44. The molecule has 0 aliphatic heterocycles. The highest BCUT2D eigenvalue weighted by Crippen LogP contribution is 2.12. The number of aryl methyl sites for hydroxylation is 1. The second-order valence-corrected chi connectivity index (χ2v) is 3.90. The molecular weight excluding hydrogens is 200 g/mol. The lowest BCUT2D eigenvalue weighted by Gasteiger charge is -2.12. The third-order valence-electron chi connectivity index (χ3n) is 2.56. The van der Waals surface area contributed by atoms with Crippen molar-refractivity contribution in [2.24, 2.45) is 0 Å². The van der Waals surface area contributed by atoms with Crippen molar-refractivity contribution in [1.29, 1.82) is 0 Å². The minimum absolute atomic E-state index is 0.277. The number of furan rings is 1. The molecule has 1 N–H and O–H groups in total. The third kappa shape index (κ3) is 2.70. The Labute approximate surface area is 95.5 Å². The Bertz CT molecular complexity index is 436. The van der Waals surface area contributed by atoms with Gasteiger partial charge in [0.2, 0.25) is 0 Å². The zero-order valence-corrected chi connectivity index (χ0v) is 9.60. The third-order valence-corrected chi connectivity index (χ3v) is 2.56. The summed E-state index contributed by atoms with van der Waals surface area (Å²) < 4.78 is 5.49. The predicted octanol–water partition coefficient (Wildman–Crippen LogP) is 2.83. The molecule has 0 unspecified atom stereocenters. The summed E-state index contributed by atoms with van der Waals surface area (Å²) in [4.78, 5) is 4.10. The Balaban J connectivity index is 1.91. The fourth-order valence-electron chi connectivity index (χ4n) is 1.58. The van der Waals surface area contributed by atoms with Crippen LogP contribution >= 0.6 is 0 Å². The van der Waals surface area contributed by atoms with Crippen LogP contribution in [0.4, 0.5) is 0 Å². The molecule has 0 spiro atoms. The molecule has 0 radical (unpaired) electrons. The predicted molar refractivity (Wildman–Crippen MR) is 62.9 cm³/mol. The van der Waals surface area contributed by atoms with Crippen LogP contribution in [0.1, 0.15) is 30.0 Å². The first-order valence-electron chi connectivity index (χ1n) is 5.44. The van der Waals surface area contributed by atoms with Crippen molar-refractivity contribution in [3.63, 3.8) is 0 Å². The Morgan fingerprint density at radius 3 is 2.88 bits per heavy atom. The van der Waals surface area contributed by atoms with Gasteiger partial charge in [0.05, 0.1) is 6.54 Å². The van der Waals surface area contributed by atoms with Crippen LogP contribution < -0.4 is 5.32 Å². The van der Waals surface area contributed by atoms with Crippen LogP contribution in [0.15, 0.2) is 41.1 Å². The summed E-state index contributed by atoms with van der Waals surface area (Å²) in [7, 11) is 0. The van der Waals surface area contributed by atoms with E-state index in [-0.39, 0.29) is 6.04 Å². The Kier molecular flexibility index (Phi) is 3.37. The number of nitrogens with zero attached hydrogens (tertiary/aromatic N) is 1. The number of nitrogens with one attached hydrogen (secondary N) is 1. The molecule has 2 aromatic heterocycles. The summed E-state index contributed by atoms with van der Waals surface area (Å²) in [6.45, 7) is 4.81. The highest BCUT2D eigenvalue weighted by molar-refractivity contribution is 5.13. The molecule has 3 nitrogen and oxygen atoms in total. The van der Waals surface area contributed by atoms with Gasteiger partial charge in [-0.05, 0) is 37.6 Å². The molecule has 2 heterocycles. The lowest BCUT2D eigenvalue weighted by molar-refractivity contribution is 0.444. The molecule has 1 atom stereocenters. The maximum Gasteiger partial charge on any atom is 0.117 e. The average Bonchev–Trinajstić information content (AvgIpc) is 2.73. The summed E-state index contributed by atoms with van der Waals surface area (Å²) in [5, 5.41) is 3.39. The molecule has 0 saturated carbocycles. The van der Waals surface area contributed by atoms with Gasteiger partial charge in [-0.15, -0.1) is 0 Å². The quantitative estimate of drug-likeness (QED) is 0.854. The van der Waals surface area contributed by atoms with Crippen molar-refractivity contribution in [2.75, 3.05) is 0 Å². The minimum atomic E-state index is 0.277. The monoisotopic (exact) mass is 216 g/mol. The van der Waals surface area contributed by atoms with Crippen molar-refractivity contribution in [2.45, 2.75) is 26.4 Å². The van der Waals surface area contributed by atoms with Gasteiger partial charge < -0.3 is 9.73 Å². The lowest BCUT2D eigenvalue weighted by atomic mass is 10.1.